The molecule has 0 aliphatic rings. The van der Waals surface area contributed by atoms with Crippen LogP contribution in [0.5, 0.6) is 5.75 Å². The number of carboxylic acids is 1. The Bertz CT molecular complexity index is 862. The molecule has 2 aromatic rings. The van der Waals surface area contributed by atoms with Crippen molar-refractivity contribution in [3.05, 3.63) is 71.4 Å². The average molecular weight is 382 g/mol. The number of ether oxygens (including phenoxy) is 1. The number of benzene rings is 2. The minimum absolute atomic E-state index is 0.00797. The first-order valence-electron chi connectivity index (χ1n) is 8.81. The highest BCUT2D eigenvalue weighted by Crippen LogP contribution is 2.20. The molecule has 0 aromatic heterocycles. The van der Waals surface area contributed by atoms with Crippen LogP contribution in [0, 0.1) is 0 Å². The van der Waals surface area contributed by atoms with Gasteiger partial charge in [-0.25, -0.2) is 0 Å². The Hall–Kier alpha value is -3.61. The first-order chi connectivity index (χ1) is 13.5. The molecule has 2 rings (SSSR count). The summed E-state index contributed by atoms with van der Waals surface area (Å²) in [6.07, 6.45) is 1.28. The van der Waals surface area contributed by atoms with Crippen LogP contribution in [0.3, 0.4) is 0 Å². The van der Waals surface area contributed by atoms with E-state index in [1.807, 2.05) is 6.92 Å². The number of para-hydroxylation sites is 1. The lowest BCUT2D eigenvalue weighted by molar-refractivity contribution is -0.136. The molecule has 0 bridgehead atoms. The molecule has 7 heteroatoms. The van der Waals surface area contributed by atoms with E-state index in [1.165, 1.54) is 6.08 Å². The van der Waals surface area contributed by atoms with E-state index in [0.29, 0.717) is 23.5 Å². The standard InChI is InChI=1S/C21H22N2O5/c1-2-28-18-11-7-6-10-16(18)14-17(21(27)22-13-12-19(24)25)23-20(26)15-8-4-3-5-9-15/h3-11,14H,2,12-13H2,1H3,(H,22,27)(H,23,26)(H,24,25)/b17-14-. The normalized spacial score (nSPS) is 10.8. The van der Waals surface area contributed by atoms with Crippen LogP contribution in [0.15, 0.2) is 60.3 Å². The van der Waals surface area contributed by atoms with Crippen molar-refractivity contribution in [3.8, 4) is 5.75 Å². The van der Waals surface area contributed by atoms with E-state index in [0.717, 1.165) is 0 Å². The molecule has 0 heterocycles. The second-order valence-corrected chi connectivity index (χ2v) is 5.75. The quantitative estimate of drug-likeness (QED) is 0.578. The fraction of sp³-hybridized carbons (Fsp3) is 0.190. The van der Waals surface area contributed by atoms with E-state index >= 15 is 0 Å². The molecule has 0 unspecified atom stereocenters. The fourth-order valence-corrected chi connectivity index (χ4v) is 2.36. The summed E-state index contributed by atoms with van der Waals surface area (Å²) in [6, 6.07) is 15.6. The van der Waals surface area contributed by atoms with Gasteiger partial charge >= 0.3 is 5.97 Å². The Morgan fingerprint density at radius 1 is 1.04 bits per heavy atom. The molecule has 0 spiro atoms. The minimum atomic E-state index is -1.03. The van der Waals surface area contributed by atoms with Crippen molar-refractivity contribution in [2.75, 3.05) is 13.2 Å². The molecule has 146 valence electrons. The highest BCUT2D eigenvalue weighted by Gasteiger charge is 2.15. The van der Waals surface area contributed by atoms with Crippen molar-refractivity contribution in [2.24, 2.45) is 0 Å². The molecule has 0 radical (unpaired) electrons. The van der Waals surface area contributed by atoms with Gasteiger partial charge in [0.15, 0.2) is 0 Å². The summed E-state index contributed by atoms with van der Waals surface area (Å²) in [5, 5.41) is 13.8. The van der Waals surface area contributed by atoms with Gasteiger partial charge in [-0.2, -0.15) is 0 Å². The highest BCUT2D eigenvalue weighted by molar-refractivity contribution is 6.05. The van der Waals surface area contributed by atoms with Crippen LogP contribution in [0.2, 0.25) is 0 Å². The Morgan fingerprint density at radius 3 is 2.39 bits per heavy atom. The monoisotopic (exact) mass is 382 g/mol. The van der Waals surface area contributed by atoms with Crippen LogP contribution in [0.25, 0.3) is 6.08 Å². The highest BCUT2D eigenvalue weighted by atomic mass is 16.5. The number of rotatable bonds is 9. The van der Waals surface area contributed by atoms with Gasteiger partial charge < -0.3 is 20.5 Å². The van der Waals surface area contributed by atoms with E-state index < -0.39 is 17.8 Å². The zero-order chi connectivity index (χ0) is 20.4. The molecule has 0 saturated carbocycles. The van der Waals surface area contributed by atoms with Gasteiger partial charge in [0.1, 0.15) is 11.4 Å². The number of aliphatic carboxylic acids is 1. The van der Waals surface area contributed by atoms with Crippen molar-refractivity contribution in [2.45, 2.75) is 13.3 Å². The number of hydrogen-bond donors (Lipinski definition) is 3. The van der Waals surface area contributed by atoms with Gasteiger partial charge in [0.25, 0.3) is 11.8 Å². The van der Waals surface area contributed by atoms with Crippen molar-refractivity contribution < 1.29 is 24.2 Å². The first-order valence-corrected chi connectivity index (χ1v) is 8.81. The van der Waals surface area contributed by atoms with E-state index in [2.05, 4.69) is 10.6 Å². The first kappa shape index (κ1) is 20.7. The SMILES string of the molecule is CCOc1ccccc1/C=C(\NC(=O)c1ccccc1)C(=O)NCCC(=O)O. The maximum Gasteiger partial charge on any atom is 0.305 e. The largest absolute Gasteiger partial charge is 0.493 e. The van der Waals surface area contributed by atoms with Crippen LogP contribution < -0.4 is 15.4 Å². The summed E-state index contributed by atoms with van der Waals surface area (Å²) in [6.45, 7) is 2.23. The van der Waals surface area contributed by atoms with Crippen LogP contribution in [-0.4, -0.2) is 36.0 Å². The van der Waals surface area contributed by atoms with E-state index in [9.17, 15) is 14.4 Å². The van der Waals surface area contributed by atoms with Gasteiger partial charge in [-0.15, -0.1) is 0 Å². The van der Waals surface area contributed by atoms with Crippen molar-refractivity contribution in [3.63, 3.8) is 0 Å². The predicted molar refractivity (Wildman–Crippen MR) is 105 cm³/mol. The molecule has 0 atom stereocenters. The van der Waals surface area contributed by atoms with Gasteiger partial charge in [0.05, 0.1) is 13.0 Å². The average Bonchev–Trinajstić information content (AvgIpc) is 2.69. The van der Waals surface area contributed by atoms with Crippen molar-refractivity contribution >= 4 is 23.9 Å². The van der Waals surface area contributed by atoms with Crippen LogP contribution in [0.1, 0.15) is 29.3 Å². The number of nitrogens with one attached hydrogen (secondary N) is 2. The number of carbonyl (C=O) groups excluding carboxylic acids is 2. The van der Waals surface area contributed by atoms with Gasteiger partial charge in [0, 0.05) is 17.7 Å². The predicted octanol–water partition coefficient (Wildman–Crippen LogP) is 2.45. The number of carboxylic acid groups (broad SMARTS) is 1. The number of hydrogen-bond acceptors (Lipinski definition) is 4. The molecule has 0 saturated heterocycles. The third-order valence-electron chi connectivity index (χ3n) is 3.67. The zero-order valence-electron chi connectivity index (χ0n) is 15.5. The molecule has 7 nitrogen and oxygen atoms in total. The summed E-state index contributed by atoms with van der Waals surface area (Å²) in [5.41, 5.74) is 0.998. The summed E-state index contributed by atoms with van der Waals surface area (Å²) < 4.78 is 5.55. The summed E-state index contributed by atoms with van der Waals surface area (Å²) in [4.78, 5) is 35.7. The second kappa shape index (κ2) is 10.5. The van der Waals surface area contributed by atoms with Gasteiger partial charge in [0.2, 0.25) is 0 Å². The Morgan fingerprint density at radius 2 is 1.71 bits per heavy atom. The smallest absolute Gasteiger partial charge is 0.305 e. The van der Waals surface area contributed by atoms with Gasteiger partial charge in [-0.05, 0) is 31.2 Å². The third-order valence-corrected chi connectivity index (χ3v) is 3.67. The van der Waals surface area contributed by atoms with E-state index in [4.69, 9.17) is 9.84 Å². The molecule has 2 amide bonds. The zero-order valence-corrected chi connectivity index (χ0v) is 15.5. The van der Waals surface area contributed by atoms with Gasteiger partial charge in [-0.1, -0.05) is 36.4 Å². The Balaban J connectivity index is 2.29. The maximum atomic E-state index is 12.5. The fourth-order valence-electron chi connectivity index (χ4n) is 2.36. The lowest BCUT2D eigenvalue weighted by Gasteiger charge is -2.12. The molecule has 28 heavy (non-hydrogen) atoms. The van der Waals surface area contributed by atoms with E-state index in [1.54, 1.807) is 54.6 Å². The van der Waals surface area contributed by atoms with Crippen LogP contribution in [-0.2, 0) is 9.59 Å². The van der Waals surface area contributed by atoms with Crippen molar-refractivity contribution in [1.29, 1.82) is 0 Å². The second-order valence-electron chi connectivity index (χ2n) is 5.75. The lowest BCUT2D eigenvalue weighted by atomic mass is 10.1. The third kappa shape index (κ3) is 6.28. The van der Waals surface area contributed by atoms with Crippen LogP contribution in [0.4, 0.5) is 0 Å². The molecular formula is C21H22N2O5. The van der Waals surface area contributed by atoms with E-state index in [-0.39, 0.29) is 18.7 Å². The molecule has 0 aliphatic heterocycles. The molecule has 2 aromatic carbocycles. The summed E-state index contributed by atoms with van der Waals surface area (Å²) in [5.74, 6) is -1.50. The lowest BCUT2D eigenvalue weighted by Crippen LogP contribution is -2.35. The van der Waals surface area contributed by atoms with Crippen molar-refractivity contribution in [1.82, 2.24) is 10.6 Å². The summed E-state index contributed by atoms with van der Waals surface area (Å²) >= 11 is 0. The number of carbonyl (C=O) groups is 3. The molecule has 0 fully saturated rings. The number of amides is 2. The molecule has 0 aliphatic carbocycles. The topological polar surface area (TPSA) is 105 Å². The Kier molecular flexibility index (Phi) is 7.77. The Labute approximate surface area is 163 Å². The van der Waals surface area contributed by atoms with Gasteiger partial charge in [-0.3, -0.25) is 14.4 Å². The molecular weight excluding hydrogens is 360 g/mol. The maximum absolute atomic E-state index is 12.5. The van der Waals surface area contributed by atoms with Crippen LogP contribution >= 0.6 is 0 Å². The minimum Gasteiger partial charge on any atom is -0.493 e. The molecule has 3 N–H and O–H groups in total. The summed E-state index contributed by atoms with van der Waals surface area (Å²) in [7, 11) is 0.